The zero-order valence-electron chi connectivity index (χ0n) is 10.5. The lowest BCUT2D eigenvalue weighted by Crippen LogP contribution is -2.27. The predicted octanol–water partition coefficient (Wildman–Crippen LogP) is 1.69. The van der Waals surface area contributed by atoms with Gasteiger partial charge in [-0.1, -0.05) is 18.2 Å². The zero-order valence-corrected chi connectivity index (χ0v) is 10.5. The molecule has 0 saturated carbocycles. The fourth-order valence-corrected chi connectivity index (χ4v) is 1.81. The van der Waals surface area contributed by atoms with E-state index in [1.54, 1.807) is 30.6 Å². The summed E-state index contributed by atoms with van der Waals surface area (Å²) in [5, 5.41) is 12.2. The van der Waals surface area contributed by atoms with E-state index in [0.29, 0.717) is 6.54 Å². The van der Waals surface area contributed by atoms with Crippen molar-refractivity contribution in [2.75, 3.05) is 6.54 Å². The summed E-state index contributed by atoms with van der Waals surface area (Å²) >= 11 is 0. The number of aromatic nitrogens is 1. The smallest absolute Gasteiger partial charge is 0.224 e. The van der Waals surface area contributed by atoms with Gasteiger partial charge in [0.1, 0.15) is 5.75 Å². The summed E-state index contributed by atoms with van der Waals surface area (Å²) in [6.45, 7) is 0.587. The number of carbonyl (C=O) groups excluding carboxylic acids is 1. The summed E-state index contributed by atoms with van der Waals surface area (Å²) in [6.07, 6.45) is 4.56. The molecule has 1 heterocycles. The number of amides is 1. The van der Waals surface area contributed by atoms with Crippen LogP contribution in [-0.4, -0.2) is 22.5 Å². The molecule has 1 aromatic heterocycles. The van der Waals surface area contributed by atoms with Crippen LogP contribution in [0.25, 0.3) is 0 Å². The molecule has 1 amide bonds. The molecule has 2 rings (SSSR count). The minimum atomic E-state index is -0.0468. The number of hydrogen-bond acceptors (Lipinski definition) is 3. The Hall–Kier alpha value is -2.36. The average molecular weight is 256 g/mol. The third-order valence-electron chi connectivity index (χ3n) is 2.73. The highest BCUT2D eigenvalue weighted by Gasteiger charge is 2.03. The molecule has 0 saturated heterocycles. The Bertz CT molecular complexity index is 541. The second-order valence-electron chi connectivity index (χ2n) is 4.31. The number of pyridine rings is 1. The summed E-state index contributed by atoms with van der Waals surface area (Å²) in [6, 6.07) is 10.6. The van der Waals surface area contributed by atoms with Crippen LogP contribution in [0.3, 0.4) is 0 Å². The number of benzene rings is 1. The molecular weight excluding hydrogens is 240 g/mol. The van der Waals surface area contributed by atoms with Crippen molar-refractivity contribution in [1.82, 2.24) is 10.3 Å². The molecule has 98 valence electrons. The molecule has 19 heavy (non-hydrogen) atoms. The van der Waals surface area contributed by atoms with Gasteiger partial charge in [-0.05, 0) is 35.7 Å². The molecule has 0 radical (unpaired) electrons. The molecule has 0 aliphatic rings. The number of hydrogen-bond donors (Lipinski definition) is 2. The van der Waals surface area contributed by atoms with Crippen molar-refractivity contribution in [1.29, 1.82) is 0 Å². The van der Waals surface area contributed by atoms with E-state index in [-0.39, 0.29) is 18.1 Å². The first kappa shape index (κ1) is 13.1. The van der Waals surface area contributed by atoms with Crippen LogP contribution in [0.5, 0.6) is 5.75 Å². The first-order valence-corrected chi connectivity index (χ1v) is 6.17. The van der Waals surface area contributed by atoms with Gasteiger partial charge in [0.15, 0.2) is 0 Å². The minimum Gasteiger partial charge on any atom is -0.508 e. The Morgan fingerprint density at radius 3 is 2.79 bits per heavy atom. The molecule has 0 atom stereocenters. The van der Waals surface area contributed by atoms with Gasteiger partial charge in [0.2, 0.25) is 5.91 Å². The number of carbonyl (C=O) groups is 1. The molecule has 0 spiro atoms. The number of rotatable bonds is 5. The van der Waals surface area contributed by atoms with Gasteiger partial charge < -0.3 is 10.4 Å². The van der Waals surface area contributed by atoms with Crippen LogP contribution in [0.15, 0.2) is 48.8 Å². The van der Waals surface area contributed by atoms with Crippen molar-refractivity contribution in [2.24, 2.45) is 0 Å². The molecule has 4 nitrogen and oxygen atoms in total. The molecule has 2 aromatic rings. The number of aromatic hydroxyl groups is 1. The Morgan fingerprint density at radius 2 is 2.05 bits per heavy atom. The number of nitrogens with one attached hydrogen (secondary N) is 1. The summed E-state index contributed by atoms with van der Waals surface area (Å²) < 4.78 is 0. The van der Waals surface area contributed by atoms with Crippen molar-refractivity contribution in [2.45, 2.75) is 12.8 Å². The van der Waals surface area contributed by atoms with Crippen molar-refractivity contribution in [3.05, 3.63) is 59.9 Å². The molecule has 0 aliphatic heterocycles. The van der Waals surface area contributed by atoms with E-state index in [1.165, 1.54) is 0 Å². The van der Waals surface area contributed by atoms with Crippen molar-refractivity contribution in [3.63, 3.8) is 0 Å². The van der Waals surface area contributed by atoms with Gasteiger partial charge in [0.05, 0.1) is 6.42 Å². The monoisotopic (exact) mass is 256 g/mol. The Kier molecular flexibility index (Phi) is 4.50. The summed E-state index contributed by atoms with van der Waals surface area (Å²) in [4.78, 5) is 15.7. The minimum absolute atomic E-state index is 0.0468. The quantitative estimate of drug-likeness (QED) is 0.855. The molecule has 2 N–H and O–H groups in total. The van der Waals surface area contributed by atoms with E-state index < -0.39 is 0 Å². The first-order valence-electron chi connectivity index (χ1n) is 6.17. The van der Waals surface area contributed by atoms with Gasteiger partial charge in [-0.15, -0.1) is 0 Å². The lowest BCUT2D eigenvalue weighted by Gasteiger charge is -2.05. The molecule has 1 aromatic carbocycles. The van der Waals surface area contributed by atoms with E-state index in [1.807, 2.05) is 18.2 Å². The van der Waals surface area contributed by atoms with Crippen LogP contribution in [0.1, 0.15) is 11.1 Å². The summed E-state index contributed by atoms with van der Waals surface area (Å²) in [7, 11) is 0. The Balaban J connectivity index is 1.76. The lowest BCUT2D eigenvalue weighted by molar-refractivity contribution is -0.120. The van der Waals surface area contributed by atoms with Gasteiger partial charge >= 0.3 is 0 Å². The SMILES string of the molecule is O=C(Cc1cccc(O)c1)NCCc1cccnc1. The first-order chi connectivity index (χ1) is 9.24. The maximum atomic E-state index is 11.7. The third kappa shape index (κ3) is 4.43. The van der Waals surface area contributed by atoms with Gasteiger partial charge in [0, 0.05) is 18.9 Å². The fraction of sp³-hybridized carbons (Fsp3) is 0.200. The molecule has 0 unspecified atom stereocenters. The third-order valence-corrected chi connectivity index (χ3v) is 2.73. The van der Waals surface area contributed by atoms with Gasteiger partial charge in [-0.3, -0.25) is 9.78 Å². The van der Waals surface area contributed by atoms with E-state index >= 15 is 0 Å². The molecule has 0 bridgehead atoms. The predicted molar refractivity (Wildman–Crippen MR) is 72.8 cm³/mol. The van der Waals surface area contributed by atoms with Crippen LogP contribution in [0, 0.1) is 0 Å². The van der Waals surface area contributed by atoms with Gasteiger partial charge in [-0.2, -0.15) is 0 Å². The second-order valence-corrected chi connectivity index (χ2v) is 4.31. The van der Waals surface area contributed by atoms with E-state index in [0.717, 1.165) is 17.5 Å². The molecule has 0 fully saturated rings. The standard InChI is InChI=1S/C15H16N2O2/c18-14-5-1-3-13(9-14)10-15(19)17-8-6-12-4-2-7-16-11-12/h1-5,7,9,11,18H,6,8,10H2,(H,17,19). The second kappa shape index (κ2) is 6.54. The largest absolute Gasteiger partial charge is 0.508 e. The fourth-order valence-electron chi connectivity index (χ4n) is 1.81. The molecular formula is C15H16N2O2. The van der Waals surface area contributed by atoms with Gasteiger partial charge in [0.25, 0.3) is 0 Å². The van der Waals surface area contributed by atoms with E-state index in [2.05, 4.69) is 10.3 Å². The Morgan fingerprint density at radius 1 is 1.21 bits per heavy atom. The lowest BCUT2D eigenvalue weighted by atomic mass is 10.1. The van der Waals surface area contributed by atoms with Crippen molar-refractivity contribution in [3.8, 4) is 5.75 Å². The topological polar surface area (TPSA) is 62.2 Å². The number of nitrogens with zero attached hydrogens (tertiary/aromatic N) is 1. The van der Waals surface area contributed by atoms with E-state index in [9.17, 15) is 9.90 Å². The molecule has 4 heteroatoms. The van der Waals surface area contributed by atoms with Crippen LogP contribution >= 0.6 is 0 Å². The van der Waals surface area contributed by atoms with Crippen molar-refractivity contribution < 1.29 is 9.90 Å². The number of phenolic OH excluding ortho intramolecular Hbond substituents is 1. The Labute approximate surface area is 112 Å². The van der Waals surface area contributed by atoms with Gasteiger partial charge in [-0.25, -0.2) is 0 Å². The van der Waals surface area contributed by atoms with Crippen LogP contribution < -0.4 is 5.32 Å². The van der Waals surface area contributed by atoms with Crippen LogP contribution in [-0.2, 0) is 17.6 Å². The van der Waals surface area contributed by atoms with Crippen LogP contribution in [0.4, 0.5) is 0 Å². The zero-order chi connectivity index (χ0) is 13.5. The van der Waals surface area contributed by atoms with Crippen molar-refractivity contribution >= 4 is 5.91 Å². The van der Waals surface area contributed by atoms with Crippen LogP contribution in [0.2, 0.25) is 0 Å². The highest BCUT2D eigenvalue weighted by Crippen LogP contribution is 2.11. The normalized spacial score (nSPS) is 10.1. The molecule has 0 aliphatic carbocycles. The summed E-state index contributed by atoms with van der Waals surface area (Å²) in [5.41, 5.74) is 1.90. The highest BCUT2D eigenvalue weighted by molar-refractivity contribution is 5.78. The average Bonchev–Trinajstić information content (AvgIpc) is 2.40. The summed E-state index contributed by atoms with van der Waals surface area (Å²) in [5.74, 6) is 0.134. The maximum absolute atomic E-state index is 11.7. The number of phenols is 1. The van der Waals surface area contributed by atoms with E-state index in [4.69, 9.17) is 0 Å². The highest BCUT2D eigenvalue weighted by atomic mass is 16.3. The maximum Gasteiger partial charge on any atom is 0.224 e.